The molecule has 1 aliphatic carbocycles. The summed E-state index contributed by atoms with van der Waals surface area (Å²) in [5.74, 6) is 9.54. The molecule has 0 atom stereocenters. The molecule has 61 heavy (non-hydrogen) atoms. The normalized spacial score (nSPS) is 14.1. The second-order valence-corrected chi connectivity index (χ2v) is 15.6. The number of esters is 2. The van der Waals surface area contributed by atoms with Crippen LogP contribution in [0.3, 0.4) is 0 Å². The predicted molar refractivity (Wildman–Crippen MR) is 249 cm³/mol. The van der Waals surface area contributed by atoms with E-state index in [4.69, 9.17) is 18.9 Å². The molecule has 322 valence electrons. The third kappa shape index (κ3) is 17.8. The van der Waals surface area contributed by atoms with Gasteiger partial charge >= 0.3 is 11.9 Å². The van der Waals surface area contributed by atoms with Crippen molar-refractivity contribution in [3.8, 4) is 34.8 Å². The van der Waals surface area contributed by atoms with Crippen LogP contribution >= 0.6 is 0 Å². The van der Waals surface area contributed by atoms with Gasteiger partial charge in [-0.05, 0) is 161 Å². The number of methoxy groups -OCH3 is 1. The van der Waals surface area contributed by atoms with Crippen LogP contribution in [0.5, 0.6) is 23.0 Å². The summed E-state index contributed by atoms with van der Waals surface area (Å²) in [6, 6.07) is 38.7. The van der Waals surface area contributed by atoms with Crippen LogP contribution in [0.4, 0.5) is 0 Å². The van der Waals surface area contributed by atoms with Gasteiger partial charge in [0.25, 0.3) is 0 Å². The molecule has 6 heteroatoms. The molecule has 0 saturated heterocycles. The number of hydrogen-bond donors (Lipinski definition) is 0. The summed E-state index contributed by atoms with van der Waals surface area (Å²) in [5.41, 5.74) is 6.59. The summed E-state index contributed by atoms with van der Waals surface area (Å²) in [4.78, 5) is 24.2. The van der Waals surface area contributed by atoms with E-state index in [9.17, 15) is 9.59 Å². The minimum absolute atomic E-state index is 0.0738. The molecule has 0 radical (unpaired) electrons. The Labute approximate surface area is 366 Å². The molecule has 0 spiro atoms. The van der Waals surface area contributed by atoms with Crippen LogP contribution < -0.4 is 18.9 Å². The molecule has 0 heterocycles. The van der Waals surface area contributed by atoms with E-state index in [0.29, 0.717) is 29.4 Å². The van der Waals surface area contributed by atoms with Gasteiger partial charge in [0.15, 0.2) is 0 Å². The van der Waals surface area contributed by atoms with E-state index >= 15 is 0 Å². The average Bonchev–Trinajstić information content (AvgIpc) is 3.29. The fraction of sp³-hybridized carbons (Fsp3) is 0.382. The van der Waals surface area contributed by atoms with Gasteiger partial charge in [-0.25, -0.2) is 4.79 Å². The minimum atomic E-state index is -0.360. The summed E-state index contributed by atoms with van der Waals surface area (Å²) < 4.78 is 21.3. The number of aryl methyl sites for hydroxylation is 3. The maximum Gasteiger partial charge on any atom is 0.343 e. The summed E-state index contributed by atoms with van der Waals surface area (Å²) in [7, 11) is 1.59. The first kappa shape index (κ1) is 47.9. The van der Waals surface area contributed by atoms with Crippen molar-refractivity contribution in [2.75, 3.05) is 13.7 Å². The fourth-order valence-electron chi connectivity index (χ4n) is 7.09. The van der Waals surface area contributed by atoms with Crippen LogP contribution in [0, 0.1) is 30.6 Å². The molecule has 1 aliphatic rings. The van der Waals surface area contributed by atoms with E-state index in [0.717, 1.165) is 61.3 Å². The molecule has 6 rings (SSSR count). The van der Waals surface area contributed by atoms with E-state index < -0.39 is 0 Å². The Bertz CT molecular complexity index is 2050. The maximum atomic E-state index is 12.2. The summed E-state index contributed by atoms with van der Waals surface area (Å²) >= 11 is 0. The number of carbonyl (C=O) groups is 2. The molecule has 0 aliphatic heterocycles. The Balaban J connectivity index is 0.000000202. The zero-order valence-corrected chi connectivity index (χ0v) is 37.3. The Hall–Kier alpha value is -5.80. The molecular formula is C55H66O6. The van der Waals surface area contributed by atoms with Gasteiger partial charge in [0.1, 0.15) is 23.0 Å². The highest BCUT2D eigenvalue weighted by molar-refractivity contribution is 5.91. The van der Waals surface area contributed by atoms with Gasteiger partial charge in [0, 0.05) is 11.1 Å². The maximum absolute atomic E-state index is 12.2. The number of hydrogen-bond acceptors (Lipinski definition) is 6. The van der Waals surface area contributed by atoms with Crippen LogP contribution in [-0.4, -0.2) is 25.7 Å². The van der Waals surface area contributed by atoms with E-state index in [-0.39, 0.29) is 17.9 Å². The molecular weight excluding hydrogens is 757 g/mol. The monoisotopic (exact) mass is 822 g/mol. The molecule has 0 aromatic heterocycles. The lowest BCUT2D eigenvalue weighted by atomic mass is 9.80. The lowest BCUT2D eigenvalue weighted by Crippen LogP contribution is -2.25. The minimum Gasteiger partial charge on any atom is -0.497 e. The van der Waals surface area contributed by atoms with Crippen LogP contribution in [-0.2, 0) is 17.6 Å². The van der Waals surface area contributed by atoms with Crippen molar-refractivity contribution in [2.45, 2.75) is 112 Å². The molecule has 0 N–H and O–H groups in total. The van der Waals surface area contributed by atoms with Gasteiger partial charge in [-0.3, -0.25) is 4.79 Å². The van der Waals surface area contributed by atoms with Crippen molar-refractivity contribution >= 4 is 11.9 Å². The molecule has 6 nitrogen and oxygen atoms in total. The molecule has 1 fully saturated rings. The number of unbranched alkanes of at least 4 members (excludes halogenated alkanes) is 2. The lowest BCUT2D eigenvalue weighted by molar-refractivity contribution is -0.140. The van der Waals surface area contributed by atoms with E-state index in [1.807, 2.05) is 43.3 Å². The van der Waals surface area contributed by atoms with Crippen molar-refractivity contribution in [3.63, 3.8) is 0 Å². The standard InChI is InChI=1S/C19H22O3.C18H26O3.C18H18/c1-3-4-5-6-15-7-11-18(12-8-15)22-19(20)16-9-13-17(21-2)14-10-16;1-3-5-14-6-8-15(9-7-14)18(19)21-17-12-10-16(11-13-17)20-4-2;1-3-4-16-9-11-18(12-10-16)14-13-17-7-5-15(2)6-8-17/h7-14H,3-6H2,1-2H3;10-15H,3-9H2,1-2H3;5-12H,3-4H2,1-2H3. The predicted octanol–water partition coefficient (Wildman–Crippen LogP) is 13.6. The van der Waals surface area contributed by atoms with Crippen molar-refractivity contribution in [3.05, 3.63) is 155 Å². The number of carbonyl (C=O) groups excluding carboxylic acids is 2. The molecule has 0 bridgehead atoms. The van der Waals surface area contributed by atoms with E-state index in [1.54, 1.807) is 43.5 Å². The zero-order chi connectivity index (χ0) is 43.7. The number of benzene rings is 5. The van der Waals surface area contributed by atoms with Crippen LogP contribution in [0.25, 0.3) is 0 Å². The first-order valence-electron chi connectivity index (χ1n) is 22.3. The first-order chi connectivity index (χ1) is 29.7. The van der Waals surface area contributed by atoms with Crippen LogP contribution in [0.15, 0.2) is 121 Å². The third-order valence-electron chi connectivity index (χ3n) is 10.7. The Morgan fingerprint density at radius 1 is 0.557 bits per heavy atom. The number of ether oxygens (including phenoxy) is 4. The molecule has 0 amide bonds. The molecule has 5 aromatic carbocycles. The molecule has 1 saturated carbocycles. The molecule has 0 unspecified atom stereocenters. The van der Waals surface area contributed by atoms with Gasteiger partial charge in [-0.2, -0.15) is 0 Å². The van der Waals surface area contributed by atoms with Crippen molar-refractivity contribution in [2.24, 2.45) is 11.8 Å². The van der Waals surface area contributed by atoms with E-state index in [1.165, 1.54) is 55.2 Å². The second kappa shape index (κ2) is 27.1. The van der Waals surface area contributed by atoms with Crippen LogP contribution in [0.2, 0.25) is 0 Å². The van der Waals surface area contributed by atoms with Crippen LogP contribution in [0.1, 0.15) is 130 Å². The summed E-state index contributed by atoms with van der Waals surface area (Å²) in [5, 5.41) is 0. The average molecular weight is 823 g/mol. The highest BCUT2D eigenvalue weighted by atomic mass is 16.5. The van der Waals surface area contributed by atoms with Crippen molar-refractivity contribution in [1.82, 2.24) is 0 Å². The largest absolute Gasteiger partial charge is 0.497 e. The second-order valence-electron chi connectivity index (χ2n) is 15.6. The highest BCUT2D eigenvalue weighted by Gasteiger charge is 2.27. The SMILES string of the molecule is CCCC1CCC(C(=O)Oc2ccc(OCC)cc2)CC1.CCCCCc1ccc(OC(=O)c2ccc(OC)cc2)cc1.CCCc1ccc(C#Cc2ccc(C)cc2)cc1. The van der Waals surface area contributed by atoms with Gasteiger partial charge in [-0.1, -0.05) is 107 Å². The summed E-state index contributed by atoms with van der Waals surface area (Å²) in [6.07, 6.45) is 13.9. The van der Waals surface area contributed by atoms with Crippen molar-refractivity contribution in [1.29, 1.82) is 0 Å². The zero-order valence-electron chi connectivity index (χ0n) is 37.3. The number of rotatable bonds is 15. The van der Waals surface area contributed by atoms with Gasteiger partial charge in [-0.15, -0.1) is 0 Å². The van der Waals surface area contributed by atoms with Gasteiger partial charge < -0.3 is 18.9 Å². The van der Waals surface area contributed by atoms with Gasteiger partial charge in [0.05, 0.1) is 25.2 Å². The quantitative estimate of drug-likeness (QED) is 0.0453. The fourth-order valence-corrected chi connectivity index (χ4v) is 7.09. The van der Waals surface area contributed by atoms with Crippen molar-refractivity contribution < 1.29 is 28.5 Å². The highest BCUT2D eigenvalue weighted by Crippen LogP contribution is 2.32. The molecule has 5 aromatic rings. The lowest BCUT2D eigenvalue weighted by Gasteiger charge is -2.26. The first-order valence-corrected chi connectivity index (χ1v) is 22.3. The topological polar surface area (TPSA) is 71.1 Å². The Morgan fingerprint density at radius 3 is 1.64 bits per heavy atom. The smallest absolute Gasteiger partial charge is 0.343 e. The Kier molecular flexibility index (Phi) is 21.3. The van der Waals surface area contributed by atoms with Gasteiger partial charge in [0.2, 0.25) is 0 Å². The van der Waals surface area contributed by atoms with E-state index in [2.05, 4.69) is 88.1 Å². The third-order valence-corrected chi connectivity index (χ3v) is 10.7. The Morgan fingerprint density at radius 2 is 1.08 bits per heavy atom. The summed E-state index contributed by atoms with van der Waals surface area (Å²) in [6.45, 7) is 11.3.